The maximum atomic E-state index is 6.43. The SMILES string of the molecule is Nc1c(-c2ccnc(OCCOCc3ccccc3)c2)ccc2c1CCC2. The fourth-order valence-corrected chi connectivity index (χ4v) is 3.57. The molecule has 1 aliphatic rings. The maximum absolute atomic E-state index is 6.43. The number of aromatic nitrogens is 1. The van der Waals surface area contributed by atoms with Crippen LogP contribution in [0.4, 0.5) is 5.69 Å². The predicted molar refractivity (Wildman–Crippen MR) is 108 cm³/mol. The topological polar surface area (TPSA) is 57.4 Å². The Kier molecular flexibility index (Phi) is 5.35. The summed E-state index contributed by atoms with van der Waals surface area (Å²) in [4.78, 5) is 4.30. The van der Waals surface area contributed by atoms with Crippen molar-refractivity contribution in [2.45, 2.75) is 25.9 Å². The van der Waals surface area contributed by atoms with Gasteiger partial charge >= 0.3 is 0 Å². The first kappa shape index (κ1) is 17.6. The number of hydrogen-bond donors (Lipinski definition) is 1. The zero-order valence-electron chi connectivity index (χ0n) is 15.4. The second-order valence-corrected chi connectivity index (χ2v) is 6.79. The third-order valence-electron chi connectivity index (χ3n) is 4.96. The van der Waals surface area contributed by atoms with Gasteiger partial charge in [0.15, 0.2) is 0 Å². The van der Waals surface area contributed by atoms with Crippen molar-refractivity contribution in [1.29, 1.82) is 0 Å². The first-order valence-corrected chi connectivity index (χ1v) is 9.42. The Bertz CT molecular complexity index is 910. The van der Waals surface area contributed by atoms with Crippen LogP contribution in [-0.4, -0.2) is 18.2 Å². The Hall–Kier alpha value is -2.85. The molecule has 2 aromatic carbocycles. The number of ether oxygens (including phenoxy) is 2. The minimum atomic E-state index is 0.461. The van der Waals surface area contributed by atoms with E-state index in [-0.39, 0.29) is 0 Å². The Morgan fingerprint density at radius 1 is 0.963 bits per heavy atom. The molecule has 0 aliphatic heterocycles. The minimum Gasteiger partial charge on any atom is -0.475 e. The van der Waals surface area contributed by atoms with Crippen LogP contribution in [-0.2, 0) is 24.2 Å². The average Bonchev–Trinajstić information content (AvgIpc) is 3.19. The number of rotatable bonds is 7. The third kappa shape index (κ3) is 4.12. The quantitative estimate of drug-likeness (QED) is 0.501. The van der Waals surface area contributed by atoms with E-state index in [4.69, 9.17) is 15.2 Å². The van der Waals surface area contributed by atoms with E-state index in [1.165, 1.54) is 17.5 Å². The smallest absolute Gasteiger partial charge is 0.213 e. The van der Waals surface area contributed by atoms with Crippen molar-refractivity contribution in [2.24, 2.45) is 0 Å². The molecule has 2 N–H and O–H groups in total. The Balaban J connectivity index is 1.36. The molecule has 27 heavy (non-hydrogen) atoms. The van der Waals surface area contributed by atoms with E-state index in [1.54, 1.807) is 6.20 Å². The van der Waals surface area contributed by atoms with E-state index in [9.17, 15) is 0 Å². The van der Waals surface area contributed by atoms with Gasteiger partial charge in [-0.25, -0.2) is 4.98 Å². The summed E-state index contributed by atoms with van der Waals surface area (Å²) >= 11 is 0. The fourth-order valence-electron chi connectivity index (χ4n) is 3.57. The highest BCUT2D eigenvalue weighted by Crippen LogP contribution is 2.35. The van der Waals surface area contributed by atoms with E-state index in [2.05, 4.69) is 17.1 Å². The number of benzene rings is 2. The van der Waals surface area contributed by atoms with Gasteiger partial charge in [-0.3, -0.25) is 0 Å². The number of aryl methyl sites for hydroxylation is 1. The number of hydrogen-bond acceptors (Lipinski definition) is 4. The molecule has 0 spiro atoms. The van der Waals surface area contributed by atoms with E-state index in [0.29, 0.717) is 25.7 Å². The molecular formula is C23H24N2O2. The molecule has 1 aliphatic carbocycles. The molecule has 4 rings (SSSR count). The highest BCUT2D eigenvalue weighted by Gasteiger charge is 2.17. The Morgan fingerprint density at radius 2 is 1.85 bits per heavy atom. The lowest BCUT2D eigenvalue weighted by molar-refractivity contribution is 0.0875. The monoisotopic (exact) mass is 360 g/mol. The number of anilines is 1. The average molecular weight is 360 g/mol. The van der Waals surface area contributed by atoms with Crippen molar-refractivity contribution in [1.82, 2.24) is 4.98 Å². The second-order valence-electron chi connectivity index (χ2n) is 6.79. The van der Waals surface area contributed by atoms with Crippen molar-refractivity contribution >= 4 is 5.69 Å². The van der Waals surface area contributed by atoms with Crippen molar-refractivity contribution in [3.8, 4) is 17.0 Å². The van der Waals surface area contributed by atoms with E-state index in [0.717, 1.165) is 35.2 Å². The van der Waals surface area contributed by atoms with Crippen molar-refractivity contribution in [3.63, 3.8) is 0 Å². The van der Waals surface area contributed by atoms with Gasteiger partial charge in [0.1, 0.15) is 6.61 Å². The summed E-state index contributed by atoms with van der Waals surface area (Å²) in [5.74, 6) is 0.593. The number of nitrogen functional groups attached to an aromatic ring is 1. The van der Waals surface area contributed by atoms with Gasteiger partial charge < -0.3 is 15.2 Å². The van der Waals surface area contributed by atoms with E-state index >= 15 is 0 Å². The van der Waals surface area contributed by atoms with Gasteiger partial charge in [-0.2, -0.15) is 0 Å². The van der Waals surface area contributed by atoms with E-state index in [1.807, 2.05) is 42.5 Å². The summed E-state index contributed by atoms with van der Waals surface area (Å²) in [5.41, 5.74) is 13.3. The molecule has 0 saturated carbocycles. The van der Waals surface area contributed by atoms with Crippen molar-refractivity contribution < 1.29 is 9.47 Å². The molecule has 0 amide bonds. The molecule has 0 saturated heterocycles. The van der Waals surface area contributed by atoms with Crippen LogP contribution < -0.4 is 10.5 Å². The summed E-state index contributed by atoms with van der Waals surface area (Å²) in [6.45, 7) is 1.56. The van der Waals surface area contributed by atoms with Crippen LogP contribution in [0, 0.1) is 0 Å². The van der Waals surface area contributed by atoms with Gasteiger partial charge in [-0.1, -0.05) is 42.5 Å². The van der Waals surface area contributed by atoms with E-state index < -0.39 is 0 Å². The zero-order chi connectivity index (χ0) is 18.5. The number of nitrogens with zero attached hydrogens (tertiary/aromatic N) is 1. The standard InChI is InChI=1S/C23H24N2O2/c24-23-20-8-4-7-18(20)9-10-21(23)19-11-12-25-22(15-19)27-14-13-26-16-17-5-2-1-3-6-17/h1-3,5-6,9-12,15H,4,7-8,13-14,16,24H2. The number of nitrogens with two attached hydrogens (primary N) is 1. The first-order chi connectivity index (χ1) is 13.3. The molecule has 138 valence electrons. The minimum absolute atomic E-state index is 0.461. The van der Waals surface area contributed by atoms with Gasteiger partial charge in [0.2, 0.25) is 5.88 Å². The zero-order valence-corrected chi connectivity index (χ0v) is 15.4. The number of pyridine rings is 1. The Morgan fingerprint density at radius 3 is 2.74 bits per heavy atom. The summed E-state index contributed by atoms with van der Waals surface area (Å²) in [5, 5.41) is 0. The van der Waals surface area contributed by atoms with Crippen LogP contribution in [0.2, 0.25) is 0 Å². The second kappa shape index (κ2) is 8.23. The third-order valence-corrected chi connectivity index (χ3v) is 4.96. The molecule has 0 bridgehead atoms. The van der Waals surface area contributed by atoms with Crippen molar-refractivity contribution in [3.05, 3.63) is 77.5 Å². The molecule has 3 aromatic rings. The summed E-state index contributed by atoms with van der Waals surface area (Å²) in [6.07, 6.45) is 5.16. The number of fused-ring (bicyclic) bond motifs is 1. The van der Waals surface area contributed by atoms with Gasteiger partial charge in [-0.15, -0.1) is 0 Å². The first-order valence-electron chi connectivity index (χ1n) is 9.42. The molecule has 0 unspecified atom stereocenters. The highest BCUT2D eigenvalue weighted by atomic mass is 16.5. The fraction of sp³-hybridized carbons (Fsp3) is 0.261. The maximum Gasteiger partial charge on any atom is 0.213 e. The summed E-state index contributed by atoms with van der Waals surface area (Å²) < 4.78 is 11.4. The molecule has 1 aromatic heterocycles. The summed E-state index contributed by atoms with van der Waals surface area (Å²) in [6, 6.07) is 18.4. The van der Waals surface area contributed by atoms with Gasteiger partial charge in [0.05, 0.1) is 13.2 Å². The molecule has 1 heterocycles. The van der Waals surface area contributed by atoms with Gasteiger partial charge in [-0.05, 0) is 47.6 Å². The van der Waals surface area contributed by atoms with Gasteiger partial charge in [0, 0.05) is 23.5 Å². The molecule has 0 radical (unpaired) electrons. The van der Waals surface area contributed by atoms with Crippen LogP contribution >= 0.6 is 0 Å². The van der Waals surface area contributed by atoms with Crippen LogP contribution in [0.25, 0.3) is 11.1 Å². The molecule has 0 atom stereocenters. The largest absolute Gasteiger partial charge is 0.475 e. The molecule has 0 fully saturated rings. The lowest BCUT2D eigenvalue weighted by atomic mass is 9.98. The molecular weight excluding hydrogens is 336 g/mol. The lowest BCUT2D eigenvalue weighted by Crippen LogP contribution is -2.07. The molecule has 4 heteroatoms. The lowest BCUT2D eigenvalue weighted by Gasteiger charge is -2.12. The van der Waals surface area contributed by atoms with Crippen LogP contribution in [0.1, 0.15) is 23.1 Å². The van der Waals surface area contributed by atoms with Gasteiger partial charge in [0.25, 0.3) is 0 Å². The highest BCUT2D eigenvalue weighted by molar-refractivity contribution is 5.80. The van der Waals surface area contributed by atoms with Crippen LogP contribution in [0.3, 0.4) is 0 Å². The van der Waals surface area contributed by atoms with Crippen LogP contribution in [0.5, 0.6) is 5.88 Å². The van der Waals surface area contributed by atoms with Crippen molar-refractivity contribution in [2.75, 3.05) is 18.9 Å². The normalized spacial score (nSPS) is 12.7. The van der Waals surface area contributed by atoms with Crippen LogP contribution in [0.15, 0.2) is 60.8 Å². The molecule has 4 nitrogen and oxygen atoms in total. The summed E-state index contributed by atoms with van der Waals surface area (Å²) in [7, 11) is 0. The predicted octanol–water partition coefficient (Wildman–Crippen LogP) is 4.42. The Labute approximate surface area is 160 Å².